The molecule has 0 fully saturated rings. The van der Waals surface area contributed by atoms with Gasteiger partial charge in [-0.15, -0.1) is 0 Å². The van der Waals surface area contributed by atoms with Crippen molar-refractivity contribution in [1.29, 1.82) is 0 Å². The topological polar surface area (TPSA) is 24.9 Å². The van der Waals surface area contributed by atoms with Crippen molar-refractivity contribution in [3.63, 3.8) is 0 Å². The third kappa shape index (κ3) is 2.92. The number of hydrogen-bond acceptors (Lipinski definition) is 2. The quantitative estimate of drug-likeness (QED) is 0.769. The Hall–Kier alpha value is -1.90. The van der Waals surface area contributed by atoms with Gasteiger partial charge in [-0.1, -0.05) is 35.9 Å². The second-order valence-corrected chi connectivity index (χ2v) is 5.68. The molecule has 0 aliphatic carbocycles. The fraction of sp³-hybridized carbons (Fsp3) is 0.167. The van der Waals surface area contributed by atoms with Crippen molar-refractivity contribution in [3.05, 3.63) is 76.4 Å². The Morgan fingerprint density at radius 1 is 1.05 bits per heavy atom. The van der Waals surface area contributed by atoms with E-state index >= 15 is 0 Å². The minimum atomic E-state index is 0.105. The van der Waals surface area contributed by atoms with Crippen molar-refractivity contribution < 1.29 is 0 Å². The van der Waals surface area contributed by atoms with Crippen LogP contribution in [0.5, 0.6) is 0 Å². The van der Waals surface area contributed by atoms with Gasteiger partial charge in [0.15, 0.2) is 0 Å². The van der Waals surface area contributed by atoms with Crippen LogP contribution in [0.1, 0.15) is 22.7 Å². The highest BCUT2D eigenvalue weighted by atomic mass is 35.5. The number of fused-ring (bicyclic) bond motifs is 1. The van der Waals surface area contributed by atoms with E-state index in [4.69, 9.17) is 11.6 Å². The van der Waals surface area contributed by atoms with Gasteiger partial charge in [0.05, 0.1) is 11.6 Å². The van der Waals surface area contributed by atoms with E-state index < -0.39 is 0 Å². The van der Waals surface area contributed by atoms with Crippen LogP contribution in [-0.2, 0) is 0 Å². The first-order valence-electron chi connectivity index (χ1n) is 6.96. The number of aryl methyl sites for hydroxylation is 1. The van der Waals surface area contributed by atoms with Gasteiger partial charge in [-0.05, 0) is 54.9 Å². The lowest BCUT2D eigenvalue weighted by Gasteiger charge is -2.18. The van der Waals surface area contributed by atoms with E-state index in [-0.39, 0.29) is 6.04 Å². The molecule has 0 saturated heterocycles. The fourth-order valence-electron chi connectivity index (χ4n) is 2.72. The molecule has 0 radical (unpaired) electrons. The second kappa shape index (κ2) is 5.84. The van der Waals surface area contributed by atoms with Crippen molar-refractivity contribution in [1.82, 2.24) is 10.3 Å². The van der Waals surface area contributed by atoms with Crippen LogP contribution < -0.4 is 5.32 Å². The van der Waals surface area contributed by atoms with Gasteiger partial charge in [0.25, 0.3) is 0 Å². The molecular weight excluding hydrogens is 280 g/mol. The number of halogens is 1. The largest absolute Gasteiger partial charge is 0.309 e. The Labute approximate surface area is 129 Å². The molecule has 3 aromatic rings. The number of nitrogens with one attached hydrogen (secondary N) is 1. The van der Waals surface area contributed by atoms with Crippen molar-refractivity contribution in [2.45, 2.75) is 13.0 Å². The smallest absolute Gasteiger partial charge is 0.0705 e. The molecule has 3 rings (SSSR count). The first-order valence-corrected chi connectivity index (χ1v) is 7.34. The van der Waals surface area contributed by atoms with Crippen molar-refractivity contribution in [2.24, 2.45) is 0 Å². The maximum absolute atomic E-state index is 6.19. The SMILES string of the molecule is CNC(c1cc(C)cc(Cl)c1)c1ccc2cccnc2c1. The van der Waals surface area contributed by atoms with E-state index in [2.05, 4.69) is 47.6 Å². The van der Waals surface area contributed by atoms with Gasteiger partial charge in [0, 0.05) is 16.6 Å². The fourth-order valence-corrected chi connectivity index (χ4v) is 3.02. The molecule has 0 amide bonds. The normalized spacial score (nSPS) is 12.5. The van der Waals surface area contributed by atoms with Gasteiger partial charge in [0.1, 0.15) is 0 Å². The summed E-state index contributed by atoms with van der Waals surface area (Å²) >= 11 is 6.19. The summed E-state index contributed by atoms with van der Waals surface area (Å²) < 4.78 is 0. The maximum atomic E-state index is 6.19. The molecule has 0 aliphatic rings. The van der Waals surface area contributed by atoms with Gasteiger partial charge in [0.2, 0.25) is 0 Å². The van der Waals surface area contributed by atoms with Gasteiger partial charge in [-0.2, -0.15) is 0 Å². The predicted octanol–water partition coefficient (Wildman–Crippen LogP) is 4.51. The molecule has 3 heteroatoms. The molecule has 0 saturated carbocycles. The third-order valence-corrected chi connectivity index (χ3v) is 3.87. The van der Waals surface area contributed by atoms with Gasteiger partial charge >= 0.3 is 0 Å². The number of pyridine rings is 1. The van der Waals surface area contributed by atoms with Crippen molar-refractivity contribution in [3.8, 4) is 0 Å². The summed E-state index contributed by atoms with van der Waals surface area (Å²) in [6.07, 6.45) is 1.82. The predicted molar refractivity (Wildman–Crippen MR) is 88.8 cm³/mol. The maximum Gasteiger partial charge on any atom is 0.0705 e. The Kier molecular flexibility index (Phi) is 3.91. The average molecular weight is 297 g/mol. The molecular formula is C18H17ClN2. The standard InChI is InChI=1S/C18H17ClN2/c1-12-8-15(10-16(19)9-12)18(20-2)14-6-5-13-4-3-7-21-17(13)11-14/h3-11,18,20H,1-2H3. The molecule has 1 aromatic heterocycles. The zero-order valence-corrected chi connectivity index (χ0v) is 12.9. The zero-order valence-electron chi connectivity index (χ0n) is 12.1. The highest BCUT2D eigenvalue weighted by Crippen LogP contribution is 2.27. The molecule has 1 heterocycles. The van der Waals surface area contributed by atoms with Crippen LogP contribution >= 0.6 is 11.6 Å². The summed E-state index contributed by atoms with van der Waals surface area (Å²) in [5.41, 5.74) is 4.52. The van der Waals surface area contributed by atoms with E-state index in [9.17, 15) is 0 Å². The van der Waals surface area contributed by atoms with Crippen LogP contribution in [0, 0.1) is 6.92 Å². The van der Waals surface area contributed by atoms with Crippen LogP contribution in [0.15, 0.2) is 54.7 Å². The van der Waals surface area contributed by atoms with Gasteiger partial charge in [-0.3, -0.25) is 4.98 Å². The lowest BCUT2D eigenvalue weighted by atomic mass is 9.96. The van der Waals surface area contributed by atoms with Crippen LogP contribution in [0.25, 0.3) is 10.9 Å². The molecule has 106 valence electrons. The summed E-state index contributed by atoms with van der Waals surface area (Å²) in [5.74, 6) is 0. The average Bonchev–Trinajstić information content (AvgIpc) is 2.47. The van der Waals surface area contributed by atoms with Crippen LogP contribution in [0.3, 0.4) is 0 Å². The molecule has 0 bridgehead atoms. The first kappa shape index (κ1) is 14.1. The van der Waals surface area contributed by atoms with Crippen LogP contribution in [-0.4, -0.2) is 12.0 Å². The summed E-state index contributed by atoms with van der Waals surface area (Å²) in [6.45, 7) is 2.06. The Bertz CT molecular complexity index is 763. The van der Waals surface area contributed by atoms with E-state index in [1.165, 1.54) is 5.56 Å². The highest BCUT2D eigenvalue weighted by Gasteiger charge is 2.13. The van der Waals surface area contributed by atoms with Gasteiger partial charge in [-0.25, -0.2) is 0 Å². The number of hydrogen-bond donors (Lipinski definition) is 1. The van der Waals surface area contributed by atoms with E-state index in [0.29, 0.717) is 0 Å². The first-order chi connectivity index (χ1) is 10.2. The molecule has 0 aliphatic heterocycles. The van der Waals surface area contributed by atoms with E-state index in [1.807, 2.05) is 31.4 Å². The molecule has 0 spiro atoms. The summed E-state index contributed by atoms with van der Waals surface area (Å²) in [7, 11) is 1.96. The van der Waals surface area contributed by atoms with Gasteiger partial charge < -0.3 is 5.32 Å². The lowest BCUT2D eigenvalue weighted by molar-refractivity contribution is 0.692. The number of aromatic nitrogens is 1. The van der Waals surface area contributed by atoms with Crippen LogP contribution in [0.2, 0.25) is 5.02 Å². The second-order valence-electron chi connectivity index (χ2n) is 5.24. The highest BCUT2D eigenvalue weighted by molar-refractivity contribution is 6.30. The number of nitrogens with zero attached hydrogens (tertiary/aromatic N) is 1. The Balaban J connectivity index is 2.08. The summed E-state index contributed by atoms with van der Waals surface area (Å²) in [4.78, 5) is 4.43. The lowest BCUT2D eigenvalue weighted by Crippen LogP contribution is -2.17. The zero-order chi connectivity index (χ0) is 14.8. The number of rotatable bonds is 3. The molecule has 2 aromatic carbocycles. The monoisotopic (exact) mass is 296 g/mol. The molecule has 21 heavy (non-hydrogen) atoms. The molecule has 2 nitrogen and oxygen atoms in total. The molecule has 1 unspecified atom stereocenters. The Morgan fingerprint density at radius 3 is 2.67 bits per heavy atom. The molecule has 1 N–H and O–H groups in total. The summed E-state index contributed by atoms with van der Waals surface area (Å²) in [5, 5.41) is 5.29. The van der Waals surface area contributed by atoms with E-state index in [0.717, 1.165) is 27.1 Å². The minimum absolute atomic E-state index is 0.105. The van der Waals surface area contributed by atoms with Crippen LogP contribution in [0.4, 0.5) is 0 Å². The van der Waals surface area contributed by atoms with E-state index in [1.54, 1.807) is 0 Å². The Morgan fingerprint density at radius 2 is 1.90 bits per heavy atom. The van der Waals surface area contributed by atoms with Crippen molar-refractivity contribution in [2.75, 3.05) is 7.05 Å². The minimum Gasteiger partial charge on any atom is -0.309 e. The third-order valence-electron chi connectivity index (χ3n) is 3.65. The summed E-state index contributed by atoms with van der Waals surface area (Å²) in [6, 6.07) is 16.7. The molecule has 1 atom stereocenters. The van der Waals surface area contributed by atoms with Crippen molar-refractivity contribution >= 4 is 22.5 Å². The number of benzene rings is 2.